The average Bonchev–Trinajstić information content (AvgIpc) is 2.40. The maximum atomic E-state index is 12.9. The second-order valence-electron chi connectivity index (χ2n) is 3.87. The number of benzene rings is 1. The molecule has 0 fully saturated rings. The van der Waals surface area contributed by atoms with E-state index in [0.717, 1.165) is 18.2 Å². The summed E-state index contributed by atoms with van der Waals surface area (Å²) < 4.78 is 25.7. The van der Waals surface area contributed by atoms with Crippen molar-refractivity contribution in [1.82, 2.24) is 10.3 Å². The van der Waals surface area contributed by atoms with Crippen molar-refractivity contribution in [1.29, 1.82) is 0 Å². The number of hydrogen-bond acceptors (Lipinski definition) is 2. The summed E-state index contributed by atoms with van der Waals surface area (Å²) in [5.41, 5.74) is 0.240. The fourth-order valence-corrected chi connectivity index (χ4v) is 1.52. The van der Waals surface area contributed by atoms with Gasteiger partial charge in [-0.2, -0.15) is 0 Å². The van der Waals surface area contributed by atoms with Crippen LogP contribution in [0.25, 0.3) is 0 Å². The molecule has 19 heavy (non-hydrogen) atoms. The third-order valence-corrected chi connectivity index (χ3v) is 2.47. The normalized spacial score (nSPS) is 10.2. The molecular formula is C13H10F2N2O2. The lowest BCUT2D eigenvalue weighted by molar-refractivity contribution is 0.0950. The van der Waals surface area contributed by atoms with Crippen molar-refractivity contribution in [3.63, 3.8) is 0 Å². The molecule has 2 N–H and O–H groups in total. The predicted octanol–water partition coefficient (Wildman–Crippen LogP) is 1.58. The Morgan fingerprint density at radius 2 is 1.95 bits per heavy atom. The van der Waals surface area contributed by atoms with E-state index in [0.29, 0.717) is 5.56 Å². The molecule has 4 nitrogen and oxygen atoms in total. The molecule has 2 rings (SSSR count). The number of H-pyrrole nitrogens is 1. The molecule has 0 radical (unpaired) electrons. The number of amides is 1. The van der Waals surface area contributed by atoms with Crippen molar-refractivity contribution < 1.29 is 13.6 Å². The van der Waals surface area contributed by atoms with Crippen LogP contribution < -0.4 is 10.9 Å². The van der Waals surface area contributed by atoms with Crippen LogP contribution in [-0.2, 0) is 6.54 Å². The highest BCUT2D eigenvalue weighted by Gasteiger charge is 2.07. The first-order chi connectivity index (χ1) is 9.06. The van der Waals surface area contributed by atoms with E-state index >= 15 is 0 Å². The molecule has 2 aromatic rings. The van der Waals surface area contributed by atoms with Crippen LogP contribution in [0.15, 0.2) is 41.3 Å². The van der Waals surface area contributed by atoms with Crippen molar-refractivity contribution in [2.75, 3.05) is 0 Å². The number of aromatic nitrogens is 1. The van der Waals surface area contributed by atoms with E-state index in [1.807, 2.05) is 0 Å². The van der Waals surface area contributed by atoms with Crippen LogP contribution in [0.1, 0.15) is 15.9 Å². The highest BCUT2D eigenvalue weighted by atomic mass is 19.2. The maximum Gasteiger partial charge on any atom is 0.251 e. The quantitative estimate of drug-likeness (QED) is 0.884. The summed E-state index contributed by atoms with van der Waals surface area (Å²) in [6.45, 7) is 0.0445. The second-order valence-corrected chi connectivity index (χ2v) is 3.87. The van der Waals surface area contributed by atoms with Crippen molar-refractivity contribution in [2.24, 2.45) is 0 Å². The molecule has 0 bridgehead atoms. The van der Waals surface area contributed by atoms with Crippen LogP contribution in [0, 0.1) is 11.6 Å². The van der Waals surface area contributed by atoms with Gasteiger partial charge in [0.05, 0.1) is 0 Å². The van der Waals surface area contributed by atoms with Crippen LogP contribution in [0.5, 0.6) is 0 Å². The Morgan fingerprint density at radius 3 is 2.63 bits per heavy atom. The van der Waals surface area contributed by atoms with E-state index in [4.69, 9.17) is 0 Å². The summed E-state index contributed by atoms with van der Waals surface area (Å²) in [4.78, 5) is 25.1. The van der Waals surface area contributed by atoms with E-state index < -0.39 is 17.5 Å². The minimum Gasteiger partial charge on any atom is -0.348 e. The largest absolute Gasteiger partial charge is 0.348 e. The standard InChI is InChI=1S/C13H10F2N2O2/c14-10-2-1-8(5-11(10)15)7-17-13(19)9-3-4-16-12(18)6-9/h1-6H,7H2,(H,16,18)(H,17,19). The van der Waals surface area contributed by atoms with Gasteiger partial charge in [0.1, 0.15) is 0 Å². The highest BCUT2D eigenvalue weighted by Crippen LogP contribution is 2.08. The van der Waals surface area contributed by atoms with Gasteiger partial charge in [0.15, 0.2) is 11.6 Å². The van der Waals surface area contributed by atoms with Gasteiger partial charge in [-0.1, -0.05) is 6.07 Å². The lowest BCUT2D eigenvalue weighted by Gasteiger charge is -2.05. The first-order valence-corrected chi connectivity index (χ1v) is 5.47. The molecular weight excluding hydrogens is 254 g/mol. The van der Waals surface area contributed by atoms with E-state index in [2.05, 4.69) is 10.3 Å². The van der Waals surface area contributed by atoms with Gasteiger partial charge in [-0.3, -0.25) is 9.59 Å². The number of pyridine rings is 1. The minimum absolute atomic E-state index is 0.0445. The van der Waals surface area contributed by atoms with Gasteiger partial charge < -0.3 is 10.3 Å². The summed E-state index contributed by atoms with van der Waals surface area (Å²) in [5.74, 6) is -2.37. The number of carbonyl (C=O) groups excluding carboxylic acids is 1. The average molecular weight is 264 g/mol. The number of halogens is 2. The molecule has 0 aliphatic rings. The molecule has 0 saturated heterocycles. The summed E-state index contributed by atoms with van der Waals surface area (Å²) in [7, 11) is 0. The van der Waals surface area contributed by atoms with Crippen molar-refractivity contribution in [3.05, 3.63) is 69.6 Å². The second kappa shape index (κ2) is 5.43. The molecule has 0 atom stereocenters. The number of nitrogens with one attached hydrogen (secondary N) is 2. The van der Waals surface area contributed by atoms with E-state index in [9.17, 15) is 18.4 Å². The molecule has 1 aromatic heterocycles. The summed E-state index contributed by atoms with van der Waals surface area (Å²) in [6.07, 6.45) is 1.36. The third kappa shape index (κ3) is 3.25. The van der Waals surface area contributed by atoms with Crippen molar-refractivity contribution in [3.8, 4) is 0 Å². The Morgan fingerprint density at radius 1 is 1.16 bits per heavy atom. The Labute approximate surface area is 107 Å². The van der Waals surface area contributed by atoms with E-state index in [-0.39, 0.29) is 17.7 Å². The third-order valence-electron chi connectivity index (χ3n) is 2.47. The van der Waals surface area contributed by atoms with Gasteiger partial charge in [-0.25, -0.2) is 8.78 Å². The van der Waals surface area contributed by atoms with Crippen molar-refractivity contribution >= 4 is 5.91 Å². The molecule has 0 saturated carbocycles. The molecule has 98 valence electrons. The van der Waals surface area contributed by atoms with Gasteiger partial charge in [-0.15, -0.1) is 0 Å². The Bertz CT molecular complexity index is 668. The van der Waals surface area contributed by atoms with Crippen LogP contribution in [-0.4, -0.2) is 10.9 Å². The lowest BCUT2D eigenvalue weighted by Crippen LogP contribution is -2.24. The van der Waals surface area contributed by atoms with Gasteiger partial charge in [0.2, 0.25) is 5.56 Å². The fraction of sp³-hybridized carbons (Fsp3) is 0.0769. The van der Waals surface area contributed by atoms with Crippen LogP contribution in [0.3, 0.4) is 0 Å². The molecule has 1 heterocycles. The van der Waals surface area contributed by atoms with Crippen LogP contribution in [0.4, 0.5) is 8.78 Å². The smallest absolute Gasteiger partial charge is 0.251 e. The number of hydrogen-bond donors (Lipinski definition) is 2. The van der Waals surface area contributed by atoms with E-state index in [1.165, 1.54) is 18.3 Å². The first kappa shape index (κ1) is 12.9. The molecule has 1 aromatic carbocycles. The Hall–Kier alpha value is -2.50. The van der Waals surface area contributed by atoms with E-state index in [1.54, 1.807) is 0 Å². The lowest BCUT2D eigenvalue weighted by atomic mass is 10.2. The fourth-order valence-electron chi connectivity index (χ4n) is 1.52. The molecule has 0 unspecified atom stereocenters. The highest BCUT2D eigenvalue weighted by molar-refractivity contribution is 5.93. The molecule has 6 heteroatoms. The Balaban J connectivity index is 2.04. The molecule has 0 aliphatic heterocycles. The Kier molecular flexibility index (Phi) is 3.70. The minimum atomic E-state index is -0.970. The SMILES string of the molecule is O=C(NCc1ccc(F)c(F)c1)c1cc[nH]c(=O)c1. The number of aromatic amines is 1. The number of carbonyl (C=O) groups is 1. The van der Waals surface area contributed by atoms with Crippen LogP contribution in [0.2, 0.25) is 0 Å². The van der Waals surface area contributed by atoms with Crippen LogP contribution >= 0.6 is 0 Å². The number of rotatable bonds is 3. The molecule has 0 aliphatic carbocycles. The van der Waals surface area contributed by atoms with Crippen molar-refractivity contribution in [2.45, 2.75) is 6.54 Å². The zero-order chi connectivity index (χ0) is 13.8. The zero-order valence-electron chi connectivity index (χ0n) is 9.74. The predicted molar refractivity (Wildman–Crippen MR) is 64.6 cm³/mol. The maximum absolute atomic E-state index is 12.9. The van der Waals surface area contributed by atoms with Gasteiger partial charge in [0.25, 0.3) is 5.91 Å². The summed E-state index contributed by atoms with van der Waals surface area (Å²) in [6, 6.07) is 5.97. The van der Waals surface area contributed by atoms with Gasteiger partial charge in [0, 0.05) is 24.4 Å². The monoisotopic (exact) mass is 264 g/mol. The summed E-state index contributed by atoms with van der Waals surface area (Å²) >= 11 is 0. The summed E-state index contributed by atoms with van der Waals surface area (Å²) in [5, 5.41) is 2.51. The van der Waals surface area contributed by atoms with Gasteiger partial charge in [-0.05, 0) is 23.8 Å². The molecule has 1 amide bonds. The first-order valence-electron chi connectivity index (χ1n) is 5.47. The topological polar surface area (TPSA) is 62.0 Å². The van der Waals surface area contributed by atoms with Gasteiger partial charge >= 0.3 is 0 Å². The molecule has 0 spiro atoms. The zero-order valence-corrected chi connectivity index (χ0v) is 9.74.